The number of allylic oxidation sites excluding steroid dienone is 3. The Bertz CT molecular complexity index is 1320. The highest BCUT2D eigenvalue weighted by molar-refractivity contribution is 6.01. The number of alkyl halides is 3. The van der Waals surface area contributed by atoms with Crippen molar-refractivity contribution in [1.82, 2.24) is 10.3 Å². The third-order valence-corrected chi connectivity index (χ3v) is 7.26. The fourth-order valence-corrected chi connectivity index (χ4v) is 5.90. The van der Waals surface area contributed by atoms with Crippen LogP contribution in [0.2, 0.25) is 0 Å². The number of carbonyl (C=O) groups excluding carboxylic acids is 1. The number of nitrogens with zero attached hydrogens (tertiary/aromatic N) is 3. The molecular formula is C27H27F3N4O. The summed E-state index contributed by atoms with van der Waals surface area (Å²) in [5.41, 5.74) is 1.75. The highest BCUT2D eigenvalue weighted by Crippen LogP contribution is 2.56. The van der Waals surface area contributed by atoms with Gasteiger partial charge < -0.3 is 5.32 Å². The Kier molecular flexibility index (Phi) is 5.27. The number of azo groups is 1. The normalized spacial score (nSPS) is 25.5. The number of carbonyl (C=O) groups is 1. The van der Waals surface area contributed by atoms with Gasteiger partial charge in [0.2, 0.25) is 0 Å². The zero-order valence-electron chi connectivity index (χ0n) is 20.1. The molecule has 35 heavy (non-hydrogen) atoms. The molecule has 5 rings (SSSR count). The first kappa shape index (κ1) is 23.5. The molecule has 2 aromatic rings. The number of rotatable bonds is 3. The lowest BCUT2D eigenvalue weighted by atomic mass is 9.58. The molecule has 0 bridgehead atoms. The van der Waals surface area contributed by atoms with E-state index in [1.165, 1.54) is 0 Å². The van der Waals surface area contributed by atoms with Gasteiger partial charge in [-0.3, -0.25) is 9.78 Å². The maximum absolute atomic E-state index is 14.2. The lowest BCUT2D eigenvalue weighted by Gasteiger charge is -2.48. The predicted octanol–water partition coefficient (Wildman–Crippen LogP) is 6.56. The van der Waals surface area contributed by atoms with E-state index in [9.17, 15) is 18.0 Å². The summed E-state index contributed by atoms with van der Waals surface area (Å²) in [6.45, 7) is 7.72. The summed E-state index contributed by atoms with van der Waals surface area (Å²) in [4.78, 5) is 17.9. The summed E-state index contributed by atoms with van der Waals surface area (Å²) in [6, 6.07) is 11.3. The highest BCUT2D eigenvalue weighted by Gasteiger charge is 2.57. The fraction of sp³-hybridized carbons (Fsp3) is 0.407. The standard InChI is InChI=1S/C27H27F3N4O/c1-5-26(18-8-6-7-16(12-18)17-9-10-31-15(2)11-17)21-19(13-25(3,4)14-20(21)35)32-24-22(26)23(33-34-24)27(28,29)30/h6-12,24,32H,5,13-14H2,1-4H3/t24?,26-/m1/s1. The molecule has 1 aromatic carbocycles. The zero-order valence-corrected chi connectivity index (χ0v) is 20.1. The first-order valence-electron chi connectivity index (χ1n) is 11.8. The quantitative estimate of drug-likeness (QED) is 0.541. The number of ketones is 1. The maximum atomic E-state index is 14.2. The topological polar surface area (TPSA) is 66.7 Å². The summed E-state index contributed by atoms with van der Waals surface area (Å²) < 4.78 is 42.6. The number of halogens is 3. The number of aryl methyl sites for hydroxylation is 1. The number of Topliss-reactive ketones (excluding diaryl/α,β-unsaturated/α-hetero) is 1. The van der Waals surface area contributed by atoms with Gasteiger partial charge in [0.05, 0.1) is 5.41 Å². The number of nitrogens with one attached hydrogen (secondary N) is 1. The molecule has 8 heteroatoms. The third-order valence-electron chi connectivity index (χ3n) is 7.26. The molecule has 0 saturated carbocycles. The van der Waals surface area contributed by atoms with Crippen LogP contribution in [0.3, 0.4) is 0 Å². The van der Waals surface area contributed by atoms with Crippen molar-refractivity contribution in [2.24, 2.45) is 15.6 Å². The van der Waals surface area contributed by atoms with Gasteiger partial charge in [0.15, 0.2) is 17.6 Å². The summed E-state index contributed by atoms with van der Waals surface area (Å²) in [5.74, 6) is -0.130. The molecule has 5 nitrogen and oxygen atoms in total. The van der Waals surface area contributed by atoms with E-state index in [1.807, 2.05) is 64.1 Å². The van der Waals surface area contributed by atoms with Crippen molar-refractivity contribution in [3.05, 3.63) is 76.4 Å². The van der Waals surface area contributed by atoms with E-state index in [0.717, 1.165) is 16.8 Å². The van der Waals surface area contributed by atoms with Crippen molar-refractivity contribution in [2.45, 2.75) is 64.7 Å². The maximum Gasteiger partial charge on any atom is 0.435 e. The SMILES string of the molecule is CC[C@@]1(c2cccc(-c3ccnc(C)c3)c2)C2=C(CC(C)(C)CC2=O)NC2N=NC(C(F)(F)F)=C21. The van der Waals surface area contributed by atoms with E-state index < -0.39 is 23.5 Å². The van der Waals surface area contributed by atoms with E-state index in [0.29, 0.717) is 23.3 Å². The van der Waals surface area contributed by atoms with Gasteiger partial charge >= 0.3 is 6.18 Å². The molecular weight excluding hydrogens is 453 g/mol. The second-order valence-electron chi connectivity index (χ2n) is 10.3. The molecule has 2 atom stereocenters. The summed E-state index contributed by atoms with van der Waals surface area (Å²) in [5, 5.41) is 10.7. The Morgan fingerprint density at radius 3 is 2.54 bits per heavy atom. The Morgan fingerprint density at radius 1 is 1.11 bits per heavy atom. The van der Waals surface area contributed by atoms with Gasteiger partial charge in [0, 0.05) is 35.2 Å². The molecule has 1 aromatic heterocycles. The van der Waals surface area contributed by atoms with Crippen molar-refractivity contribution < 1.29 is 18.0 Å². The molecule has 0 saturated heterocycles. The largest absolute Gasteiger partial charge is 0.435 e. The monoisotopic (exact) mass is 480 g/mol. The average molecular weight is 481 g/mol. The summed E-state index contributed by atoms with van der Waals surface area (Å²) >= 11 is 0. The number of hydrogen-bond donors (Lipinski definition) is 1. The van der Waals surface area contributed by atoms with Crippen molar-refractivity contribution >= 4 is 5.78 Å². The van der Waals surface area contributed by atoms with Crippen LogP contribution in [0.15, 0.2) is 75.4 Å². The molecule has 0 fully saturated rings. The van der Waals surface area contributed by atoms with Crippen LogP contribution < -0.4 is 5.32 Å². The average Bonchev–Trinajstić information content (AvgIpc) is 3.21. The molecule has 1 unspecified atom stereocenters. The molecule has 1 aliphatic carbocycles. The molecule has 1 N–H and O–H groups in total. The van der Waals surface area contributed by atoms with E-state index in [2.05, 4.69) is 20.5 Å². The van der Waals surface area contributed by atoms with Crippen molar-refractivity contribution in [3.63, 3.8) is 0 Å². The first-order valence-corrected chi connectivity index (χ1v) is 11.8. The predicted molar refractivity (Wildman–Crippen MR) is 126 cm³/mol. The van der Waals surface area contributed by atoms with Crippen LogP contribution in [0.4, 0.5) is 13.2 Å². The number of benzene rings is 1. The van der Waals surface area contributed by atoms with Gasteiger partial charge in [-0.05, 0) is 60.1 Å². The van der Waals surface area contributed by atoms with E-state index in [-0.39, 0.29) is 29.6 Å². The van der Waals surface area contributed by atoms with Crippen LogP contribution in [0.5, 0.6) is 0 Å². The van der Waals surface area contributed by atoms with Crippen LogP contribution >= 0.6 is 0 Å². The minimum Gasteiger partial charge on any atom is -0.362 e. The van der Waals surface area contributed by atoms with Crippen LogP contribution in [0.1, 0.15) is 51.3 Å². The van der Waals surface area contributed by atoms with Gasteiger partial charge in [0.1, 0.15) is 0 Å². The van der Waals surface area contributed by atoms with Crippen LogP contribution in [0.25, 0.3) is 11.1 Å². The summed E-state index contributed by atoms with van der Waals surface area (Å²) in [6.07, 6.45) is -2.84. The lowest BCUT2D eigenvalue weighted by molar-refractivity contribution is -0.119. The second-order valence-corrected chi connectivity index (χ2v) is 10.3. The molecule has 0 radical (unpaired) electrons. The van der Waals surface area contributed by atoms with Crippen molar-refractivity contribution in [2.75, 3.05) is 0 Å². The van der Waals surface area contributed by atoms with Gasteiger partial charge in [-0.15, -0.1) is 5.11 Å². The van der Waals surface area contributed by atoms with Gasteiger partial charge in [-0.25, -0.2) is 0 Å². The smallest absolute Gasteiger partial charge is 0.362 e. The zero-order chi connectivity index (χ0) is 25.2. The first-order chi connectivity index (χ1) is 16.5. The van der Waals surface area contributed by atoms with Crippen LogP contribution in [0, 0.1) is 12.3 Å². The Balaban J connectivity index is 1.82. The number of hydrogen-bond acceptors (Lipinski definition) is 5. The van der Waals surface area contributed by atoms with E-state index in [1.54, 1.807) is 6.20 Å². The molecule has 0 amide bonds. The Labute approximate surface area is 202 Å². The van der Waals surface area contributed by atoms with Gasteiger partial charge in [-0.1, -0.05) is 39.0 Å². The molecule has 3 heterocycles. The third kappa shape index (κ3) is 3.70. The Hall–Kier alpha value is -3.29. The minimum absolute atomic E-state index is 0.0161. The number of pyridine rings is 1. The van der Waals surface area contributed by atoms with E-state index >= 15 is 0 Å². The Morgan fingerprint density at radius 2 is 1.86 bits per heavy atom. The number of aromatic nitrogens is 1. The fourth-order valence-electron chi connectivity index (χ4n) is 5.90. The van der Waals surface area contributed by atoms with E-state index in [4.69, 9.17) is 0 Å². The van der Waals surface area contributed by atoms with Crippen molar-refractivity contribution in [3.8, 4) is 11.1 Å². The second kappa shape index (κ2) is 7.86. The van der Waals surface area contributed by atoms with Crippen molar-refractivity contribution in [1.29, 1.82) is 0 Å². The molecule has 3 aliphatic rings. The minimum atomic E-state index is -4.69. The molecule has 0 spiro atoms. The molecule has 182 valence electrons. The molecule has 2 aliphatic heterocycles. The number of fused-ring (bicyclic) bond motifs is 1. The van der Waals surface area contributed by atoms with Gasteiger partial charge in [-0.2, -0.15) is 18.3 Å². The highest BCUT2D eigenvalue weighted by atomic mass is 19.4. The lowest BCUT2D eigenvalue weighted by Crippen LogP contribution is -2.52. The van der Waals surface area contributed by atoms with Gasteiger partial charge in [0.25, 0.3) is 0 Å². The van der Waals surface area contributed by atoms with Crippen LogP contribution in [-0.2, 0) is 10.2 Å². The van der Waals surface area contributed by atoms with Crippen LogP contribution in [-0.4, -0.2) is 23.1 Å². The summed E-state index contributed by atoms with van der Waals surface area (Å²) in [7, 11) is 0.